The second-order valence-electron chi connectivity index (χ2n) is 4.02. The Bertz CT molecular complexity index is 864. The van der Waals surface area contributed by atoms with Crippen LogP contribution in [-0.2, 0) is 16.9 Å². The number of hydrogen-bond acceptors (Lipinski definition) is 8. The van der Waals surface area contributed by atoms with Crippen molar-refractivity contribution in [2.75, 3.05) is 0 Å². The number of aryl methyl sites for hydroxylation is 1. The van der Waals surface area contributed by atoms with Gasteiger partial charge in [-0.25, -0.2) is 13.1 Å². The largest absolute Gasteiger partial charge is 0.501 e. The summed E-state index contributed by atoms with van der Waals surface area (Å²) in [5, 5.41) is 21.5. The predicted molar refractivity (Wildman–Crippen MR) is 69.3 cm³/mol. The van der Waals surface area contributed by atoms with Gasteiger partial charge in [0.25, 0.3) is 15.5 Å². The lowest BCUT2D eigenvalue weighted by molar-refractivity contribution is -0.388. The SMILES string of the molecule is Cn1nnnc1Sc1ccc(S(=O)(=O)C(F)(F)F)cc1[N+](=O)[O-]. The standard InChI is InChI=1S/C9H6F3N5O4S2/c1-16-8(13-14-15-16)22-7-3-2-5(4-6(7)17(18)19)23(20,21)9(10,11)12/h2-4H,1H3. The van der Waals surface area contributed by atoms with Crippen LogP contribution < -0.4 is 0 Å². The smallest absolute Gasteiger partial charge is 0.258 e. The van der Waals surface area contributed by atoms with E-state index in [2.05, 4.69) is 15.5 Å². The van der Waals surface area contributed by atoms with Crippen molar-refractivity contribution in [3.63, 3.8) is 0 Å². The molecule has 0 bridgehead atoms. The van der Waals surface area contributed by atoms with Crippen molar-refractivity contribution < 1.29 is 26.5 Å². The first kappa shape index (κ1) is 17.1. The van der Waals surface area contributed by atoms with E-state index in [-0.39, 0.29) is 10.1 Å². The van der Waals surface area contributed by atoms with Crippen LogP contribution in [0.1, 0.15) is 0 Å². The van der Waals surface area contributed by atoms with Crippen LogP contribution >= 0.6 is 11.8 Å². The molecule has 9 nitrogen and oxygen atoms in total. The molecule has 2 aromatic rings. The third-order valence-electron chi connectivity index (χ3n) is 2.52. The van der Waals surface area contributed by atoms with Gasteiger partial charge >= 0.3 is 5.51 Å². The van der Waals surface area contributed by atoms with Gasteiger partial charge in [-0.2, -0.15) is 13.2 Å². The van der Waals surface area contributed by atoms with Crippen LogP contribution in [0.3, 0.4) is 0 Å². The van der Waals surface area contributed by atoms with Gasteiger partial charge in [-0.3, -0.25) is 10.1 Å². The number of benzene rings is 1. The van der Waals surface area contributed by atoms with Crippen molar-refractivity contribution in [2.24, 2.45) is 7.05 Å². The van der Waals surface area contributed by atoms with E-state index in [1.807, 2.05) is 0 Å². The predicted octanol–water partition coefficient (Wildman–Crippen LogP) is 1.56. The van der Waals surface area contributed by atoms with Gasteiger partial charge in [0, 0.05) is 13.1 Å². The van der Waals surface area contributed by atoms with Crippen molar-refractivity contribution in [3.05, 3.63) is 28.3 Å². The zero-order valence-corrected chi connectivity index (χ0v) is 12.7. The summed E-state index contributed by atoms with van der Waals surface area (Å²) in [6, 6.07) is 1.90. The van der Waals surface area contributed by atoms with Gasteiger partial charge in [0.2, 0.25) is 5.16 Å². The monoisotopic (exact) mass is 369 g/mol. The van der Waals surface area contributed by atoms with Crippen LogP contribution in [0.15, 0.2) is 33.1 Å². The number of nitro benzene ring substituents is 1. The molecule has 0 aliphatic rings. The third-order valence-corrected chi connectivity index (χ3v) is 5.10. The summed E-state index contributed by atoms with van der Waals surface area (Å²) in [7, 11) is -4.22. The molecular weight excluding hydrogens is 363 g/mol. The van der Waals surface area contributed by atoms with Crippen LogP contribution in [0.25, 0.3) is 0 Å². The first-order valence-corrected chi connectivity index (χ1v) is 7.84. The molecule has 23 heavy (non-hydrogen) atoms. The Hall–Kier alpha value is -2.22. The van der Waals surface area contributed by atoms with E-state index in [0.29, 0.717) is 23.9 Å². The quantitative estimate of drug-likeness (QED) is 0.588. The van der Waals surface area contributed by atoms with Gasteiger partial charge in [-0.05, 0) is 34.3 Å². The second-order valence-corrected chi connectivity index (χ2v) is 6.97. The first-order valence-electron chi connectivity index (χ1n) is 5.54. The molecule has 2 rings (SSSR count). The fraction of sp³-hybridized carbons (Fsp3) is 0.222. The Kier molecular flexibility index (Phi) is 4.30. The molecule has 0 saturated carbocycles. The maximum Gasteiger partial charge on any atom is 0.501 e. The normalized spacial score (nSPS) is 12.3. The number of tetrazole rings is 1. The molecule has 1 aromatic carbocycles. The Morgan fingerprint density at radius 3 is 2.48 bits per heavy atom. The van der Waals surface area contributed by atoms with E-state index in [0.717, 1.165) is 6.07 Å². The fourth-order valence-electron chi connectivity index (χ4n) is 1.43. The van der Waals surface area contributed by atoms with Crippen molar-refractivity contribution in [1.29, 1.82) is 0 Å². The Morgan fingerprint density at radius 2 is 2.00 bits per heavy atom. The molecule has 0 aliphatic carbocycles. The Morgan fingerprint density at radius 1 is 1.35 bits per heavy atom. The molecule has 0 fully saturated rings. The molecular formula is C9H6F3N5O4S2. The highest BCUT2D eigenvalue weighted by Crippen LogP contribution is 2.37. The van der Waals surface area contributed by atoms with E-state index < -0.39 is 30.9 Å². The molecule has 0 unspecified atom stereocenters. The maximum absolute atomic E-state index is 12.5. The summed E-state index contributed by atoms with van der Waals surface area (Å²) < 4.78 is 61.4. The number of rotatable bonds is 4. The van der Waals surface area contributed by atoms with Gasteiger partial charge in [-0.1, -0.05) is 0 Å². The van der Waals surface area contributed by atoms with Crippen molar-refractivity contribution in [3.8, 4) is 0 Å². The number of alkyl halides is 3. The number of sulfone groups is 1. The topological polar surface area (TPSA) is 121 Å². The third kappa shape index (κ3) is 3.26. The van der Waals surface area contributed by atoms with Gasteiger partial charge < -0.3 is 0 Å². The zero-order valence-electron chi connectivity index (χ0n) is 11.1. The van der Waals surface area contributed by atoms with Crippen LogP contribution in [0, 0.1) is 10.1 Å². The summed E-state index contributed by atoms with van der Waals surface area (Å²) in [6.07, 6.45) is 0. The highest BCUT2D eigenvalue weighted by molar-refractivity contribution is 7.99. The lowest BCUT2D eigenvalue weighted by Gasteiger charge is -2.09. The van der Waals surface area contributed by atoms with Crippen LogP contribution in [0.4, 0.5) is 18.9 Å². The van der Waals surface area contributed by atoms with Gasteiger partial charge in [-0.15, -0.1) is 5.10 Å². The van der Waals surface area contributed by atoms with Crippen LogP contribution in [-0.4, -0.2) is 39.1 Å². The number of nitrogens with zero attached hydrogens (tertiary/aromatic N) is 5. The Labute approximate surface area is 130 Å². The molecule has 0 atom stereocenters. The highest BCUT2D eigenvalue weighted by atomic mass is 32.2. The number of halogens is 3. The summed E-state index contributed by atoms with van der Waals surface area (Å²) in [4.78, 5) is 8.72. The number of aromatic nitrogens is 4. The molecule has 14 heteroatoms. The van der Waals surface area contributed by atoms with Gasteiger partial charge in [0.05, 0.1) is 14.7 Å². The van der Waals surface area contributed by atoms with Gasteiger partial charge in [0.1, 0.15) is 0 Å². The summed E-state index contributed by atoms with van der Waals surface area (Å²) in [5.74, 6) is 0. The molecule has 124 valence electrons. The lowest BCUT2D eigenvalue weighted by atomic mass is 10.3. The molecule has 1 aromatic heterocycles. The van der Waals surface area contributed by atoms with Crippen molar-refractivity contribution in [1.82, 2.24) is 20.2 Å². The lowest BCUT2D eigenvalue weighted by Crippen LogP contribution is -2.23. The number of hydrogen-bond donors (Lipinski definition) is 0. The average molecular weight is 369 g/mol. The highest BCUT2D eigenvalue weighted by Gasteiger charge is 2.47. The minimum absolute atomic E-state index is 0.103. The van der Waals surface area contributed by atoms with E-state index in [4.69, 9.17) is 0 Å². The molecule has 0 radical (unpaired) electrons. The molecule has 0 spiro atoms. The minimum atomic E-state index is -5.68. The van der Waals surface area contributed by atoms with Crippen LogP contribution in [0.5, 0.6) is 0 Å². The van der Waals surface area contributed by atoms with Crippen molar-refractivity contribution in [2.45, 2.75) is 20.5 Å². The van der Waals surface area contributed by atoms with Gasteiger partial charge in [0.15, 0.2) is 0 Å². The number of nitro groups is 1. The second kappa shape index (κ2) is 5.77. The van der Waals surface area contributed by atoms with E-state index in [9.17, 15) is 31.7 Å². The maximum atomic E-state index is 12.5. The summed E-state index contributed by atoms with van der Waals surface area (Å²) in [6.45, 7) is 0. The zero-order chi connectivity index (χ0) is 17.4. The van der Waals surface area contributed by atoms with E-state index >= 15 is 0 Å². The molecule has 0 amide bonds. The molecule has 0 aliphatic heterocycles. The van der Waals surface area contributed by atoms with E-state index in [1.165, 1.54) is 11.7 Å². The first-order chi connectivity index (χ1) is 10.5. The van der Waals surface area contributed by atoms with Crippen LogP contribution in [0.2, 0.25) is 0 Å². The fourth-order valence-corrected chi connectivity index (χ4v) is 3.03. The minimum Gasteiger partial charge on any atom is -0.258 e. The Balaban J connectivity index is 2.52. The summed E-state index contributed by atoms with van der Waals surface area (Å²) >= 11 is 0.712. The molecule has 1 heterocycles. The molecule has 0 saturated heterocycles. The van der Waals surface area contributed by atoms with E-state index in [1.54, 1.807) is 0 Å². The van der Waals surface area contributed by atoms with Crippen molar-refractivity contribution >= 4 is 27.3 Å². The average Bonchev–Trinajstić information content (AvgIpc) is 2.83. The molecule has 0 N–H and O–H groups in total. The summed E-state index contributed by atoms with van der Waals surface area (Å²) in [5.41, 5.74) is -6.36.